The van der Waals surface area contributed by atoms with Crippen molar-refractivity contribution >= 4 is 44.5 Å². The zero-order valence-corrected chi connectivity index (χ0v) is 13.4. The maximum Gasteiger partial charge on any atom is 0.231 e. The number of hydrogen-bond acceptors (Lipinski definition) is 4. The van der Waals surface area contributed by atoms with Crippen molar-refractivity contribution in [3.05, 3.63) is 22.7 Å². The van der Waals surface area contributed by atoms with Gasteiger partial charge in [0.15, 0.2) is 0 Å². The molecule has 1 heterocycles. The summed E-state index contributed by atoms with van der Waals surface area (Å²) in [6.07, 6.45) is 4.83. The van der Waals surface area contributed by atoms with Crippen LogP contribution in [0.1, 0.15) is 32.6 Å². The first-order valence-electron chi connectivity index (χ1n) is 7.13. The van der Waals surface area contributed by atoms with E-state index in [0.29, 0.717) is 12.0 Å². The van der Waals surface area contributed by atoms with E-state index in [1.54, 1.807) is 0 Å². The van der Waals surface area contributed by atoms with Gasteiger partial charge in [-0.05, 0) is 31.0 Å². The molecular weight excluding hydrogens is 332 g/mol. The number of carbonyl (C=O) groups is 1. The van der Waals surface area contributed by atoms with E-state index in [0.717, 1.165) is 34.0 Å². The minimum absolute atomic E-state index is 0.168. The number of hydrogen-bond donors (Lipinski definition) is 2. The molecule has 1 aliphatic rings. The van der Waals surface area contributed by atoms with Gasteiger partial charge in [-0.2, -0.15) is 4.98 Å². The van der Waals surface area contributed by atoms with Gasteiger partial charge in [0.1, 0.15) is 5.82 Å². The van der Waals surface area contributed by atoms with Gasteiger partial charge in [0.25, 0.3) is 0 Å². The van der Waals surface area contributed by atoms with Crippen molar-refractivity contribution in [3.63, 3.8) is 0 Å². The third-order valence-corrected chi connectivity index (χ3v) is 4.13. The highest BCUT2D eigenvalue weighted by molar-refractivity contribution is 9.10. The molecule has 0 saturated heterocycles. The van der Waals surface area contributed by atoms with Gasteiger partial charge >= 0.3 is 0 Å². The number of rotatable bonds is 3. The number of aromatic nitrogens is 2. The Balaban J connectivity index is 2.03. The minimum atomic E-state index is -0.168. The van der Waals surface area contributed by atoms with Crippen LogP contribution in [0.15, 0.2) is 22.7 Å². The van der Waals surface area contributed by atoms with Crippen molar-refractivity contribution in [2.24, 2.45) is 0 Å². The van der Waals surface area contributed by atoms with Crippen molar-refractivity contribution < 1.29 is 4.79 Å². The predicted octanol–water partition coefficient (Wildman–Crippen LogP) is 3.71. The molecule has 0 radical (unpaired) electrons. The molecule has 0 spiro atoms. The molecule has 0 unspecified atom stereocenters. The normalized spacial score (nSPS) is 15.3. The summed E-state index contributed by atoms with van der Waals surface area (Å²) in [5, 5.41) is 7.13. The first-order chi connectivity index (χ1) is 10.1. The Morgan fingerprint density at radius 2 is 2.05 bits per heavy atom. The van der Waals surface area contributed by atoms with Crippen molar-refractivity contribution in [1.29, 1.82) is 0 Å². The van der Waals surface area contributed by atoms with Crippen LogP contribution in [0.2, 0.25) is 0 Å². The van der Waals surface area contributed by atoms with Gasteiger partial charge in [0, 0.05) is 22.8 Å². The van der Waals surface area contributed by atoms with Crippen LogP contribution in [-0.4, -0.2) is 21.9 Å². The van der Waals surface area contributed by atoms with E-state index in [9.17, 15) is 4.79 Å². The van der Waals surface area contributed by atoms with Gasteiger partial charge in [-0.1, -0.05) is 28.8 Å². The summed E-state index contributed by atoms with van der Waals surface area (Å²) >= 11 is 3.49. The summed E-state index contributed by atoms with van der Waals surface area (Å²) in [6, 6.07) is 6.31. The molecule has 110 valence electrons. The summed E-state index contributed by atoms with van der Waals surface area (Å²) in [5.74, 6) is 0.966. The standard InChI is InChI=1S/C15H17BrN4O/c1-9(21)17-15-19-13-7-6-10(16)8-12(13)14(20-15)18-11-4-2-3-5-11/h6-8,11H,2-5H2,1H3,(H2,17,18,19,20,21). The number of nitrogens with one attached hydrogen (secondary N) is 2. The summed E-state index contributed by atoms with van der Waals surface area (Å²) in [4.78, 5) is 20.1. The highest BCUT2D eigenvalue weighted by Gasteiger charge is 2.17. The molecule has 2 N–H and O–H groups in total. The second kappa shape index (κ2) is 5.97. The van der Waals surface area contributed by atoms with Crippen molar-refractivity contribution in [2.75, 3.05) is 10.6 Å². The topological polar surface area (TPSA) is 66.9 Å². The number of fused-ring (bicyclic) bond motifs is 1. The fourth-order valence-electron chi connectivity index (χ4n) is 2.69. The lowest BCUT2D eigenvalue weighted by Gasteiger charge is -2.15. The van der Waals surface area contributed by atoms with Crippen LogP contribution in [0.25, 0.3) is 10.9 Å². The second-order valence-corrected chi connectivity index (χ2v) is 6.28. The molecule has 1 amide bonds. The van der Waals surface area contributed by atoms with E-state index in [1.807, 2.05) is 18.2 Å². The van der Waals surface area contributed by atoms with Crippen LogP contribution in [0.3, 0.4) is 0 Å². The highest BCUT2D eigenvalue weighted by atomic mass is 79.9. The smallest absolute Gasteiger partial charge is 0.231 e. The van der Waals surface area contributed by atoms with E-state index in [1.165, 1.54) is 19.8 Å². The third kappa shape index (κ3) is 3.32. The molecule has 1 fully saturated rings. The molecule has 2 aromatic rings. The largest absolute Gasteiger partial charge is 0.367 e. The molecule has 0 aliphatic heterocycles. The van der Waals surface area contributed by atoms with E-state index in [2.05, 4.69) is 36.5 Å². The molecule has 5 nitrogen and oxygen atoms in total. The lowest BCUT2D eigenvalue weighted by molar-refractivity contribution is -0.114. The summed E-state index contributed by atoms with van der Waals surface area (Å²) in [5.41, 5.74) is 0.817. The average molecular weight is 349 g/mol. The molecule has 3 rings (SSSR count). The number of anilines is 2. The van der Waals surface area contributed by atoms with Gasteiger partial charge < -0.3 is 5.32 Å². The van der Waals surface area contributed by atoms with Crippen LogP contribution in [-0.2, 0) is 4.79 Å². The third-order valence-electron chi connectivity index (χ3n) is 3.64. The van der Waals surface area contributed by atoms with E-state index in [-0.39, 0.29) is 5.91 Å². The lowest BCUT2D eigenvalue weighted by atomic mass is 10.2. The summed E-state index contributed by atoms with van der Waals surface area (Å²) < 4.78 is 0.986. The molecule has 1 aromatic carbocycles. The van der Waals surface area contributed by atoms with Crippen LogP contribution >= 0.6 is 15.9 Å². The van der Waals surface area contributed by atoms with Crippen LogP contribution in [0.5, 0.6) is 0 Å². The van der Waals surface area contributed by atoms with Gasteiger partial charge in [0.2, 0.25) is 11.9 Å². The fourth-order valence-corrected chi connectivity index (χ4v) is 3.05. The van der Waals surface area contributed by atoms with Gasteiger partial charge in [-0.15, -0.1) is 0 Å². The monoisotopic (exact) mass is 348 g/mol. The highest BCUT2D eigenvalue weighted by Crippen LogP contribution is 2.28. The van der Waals surface area contributed by atoms with Crippen LogP contribution in [0, 0.1) is 0 Å². The molecule has 0 bridgehead atoms. The molecule has 0 atom stereocenters. The van der Waals surface area contributed by atoms with Gasteiger partial charge in [-0.25, -0.2) is 4.98 Å². The summed E-state index contributed by atoms with van der Waals surface area (Å²) in [6.45, 7) is 1.46. The maximum atomic E-state index is 11.2. The first kappa shape index (κ1) is 14.3. The molecule has 1 aliphatic carbocycles. The zero-order valence-electron chi connectivity index (χ0n) is 11.8. The van der Waals surface area contributed by atoms with Crippen molar-refractivity contribution in [2.45, 2.75) is 38.6 Å². The van der Waals surface area contributed by atoms with Gasteiger partial charge in [0.05, 0.1) is 5.52 Å². The zero-order chi connectivity index (χ0) is 14.8. The van der Waals surface area contributed by atoms with Crippen LogP contribution in [0.4, 0.5) is 11.8 Å². The fraction of sp³-hybridized carbons (Fsp3) is 0.400. The van der Waals surface area contributed by atoms with Crippen LogP contribution < -0.4 is 10.6 Å². The van der Waals surface area contributed by atoms with Crippen molar-refractivity contribution in [1.82, 2.24) is 9.97 Å². The Kier molecular flexibility index (Phi) is 4.05. The summed E-state index contributed by atoms with van der Waals surface area (Å²) in [7, 11) is 0. The molecule has 1 aromatic heterocycles. The number of carbonyl (C=O) groups excluding carboxylic acids is 1. The van der Waals surface area contributed by atoms with Gasteiger partial charge in [-0.3, -0.25) is 10.1 Å². The molecule has 21 heavy (non-hydrogen) atoms. The van der Waals surface area contributed by atoms with E-state index < -0.39 is 0 Å². The minimum Gasteiger partial charge on any atom is -0.367 e. The molecular formula is C15H17BrN4O. The number of benzene rings is 1. The number of halogens is 1. The molecule has 1 saturated carbocycles. The van der Waals surface area contributed by atoms with Crippen molar-refractivity contribution in [3.8, 4) is 0 Å². The van der Waals surface area contributed by atoms with E-state index in [4.69, 9.17) is 0 Å². The SMILES string of the molecule is CC(=O)Nc1nc(NC2CCCC2)c2cc(Br)ccc2n1. The quantitative estimate of drug-likeness (QED) is 0.887. The maximum absolute atomic E-state index is 11.2. The Hall–Kier alpha value is -1.69. The predicted molar refractivity (Wildman–Crippen MR) is 87.4 cm³/mol. The second-order valence-electron chi connectivity index (χ2n) is 5.36. The Bertz CT molecular complexity index is 683. The number of nitrogens with zero attached hydrogens (tertiary/aromatic N) is 2. The molecule has 6 heteroatoms. The lowest BCUT2D eigenvalue weighted by Crippen LogP contribution is -2.17. The first-order valence-corrected chi connectivity index (χ1v) is 7.92. The van der Waals surface area contributed by atoms with E-state index >= 15 is 0 Å². The Labute approximate surface area is 131 Å². The number of amides is 1. The Morgan fingerprint density at radius 3 is 2.76 bits per heavy atom. The Morgan fingerprint density at radius 1 is 1.29 bits per heavy atom. The average Bonchev–Trinajstić information content (AvgIpc) is 2.92.